The fourth-order valence-electron chi connectivity index (χ4n) is 2.52. The Balaban J connectivity index is 1.90. The minimum absolute atomic E-state index is 0.0973. The number of ether oxygens (including phenoxy) is 2. The van der Waals surface area contributed by atoms with Crippen molar-refractivity contribution in [3.8, 4) is 11.5 Å². The number of carbonyl (C=O) groups excluding carboxylic acids is 2. The van der Waals surface area contributed by atoms with E-state index < -0.39 is 0 Å². The molecule has 2 aromatic rings. The summed E-state index contributed by atoms with van der Waals surface area (Å²) in [7, 11) is 3.12. The summed E-state index contributed by atoms with van der Waals surface area (Å²) in [6.07, 6.45) is 0. The Morgan fingerprint density at radius 1 is 0.926 bits per heavy atom. The Kier molecular flexibility index (Phi) is 7.63. The molecule has 0 aromatic heterocycles. The van der Waals surface area contributed by atoms with E-state index in [0.717, 1.165) is 0 Å². The highest BCUT2D eigenvalue weighted by molar-refractivity contribution is 5.95. The van der Waals surface area contributed by atoms with Crippen molar-refractivity contribution in [2.75, 3.05) is 44.5 Å². The molecule has 0 aliphatic carbocycles. The molecule has 2 N–H and O–H groups in total. The van der Waals surface area contributed by atoms with Gasteiger partial charge in [-0.15, -0.1) is 0 Å². The molecule has 0 atom stereocenters. The molecule has 0 heterocycles. The van der Waals surface area contributed by atoms with E-state index in [9.17, 15) is 9.59 Å². The number of rotatable bonds is 9. The fourth-order valence-corrected chi connectivity index (χ4v) is 2.52. The maximum Gasteiger partial charge on any atom is 0.238 e. The third-order valence-electron chi connectivity index (χ3n) is 3.92. The molecule has 0 aliphatic rings. The van der Waals surface area contributed by atoms with Crippen molar-refractivity contribution < 1.29 is 19.1 Å². The zero-order valence-corrected chi connectivity index (χ0v) is 15.8. The zero-order valence-electron chi connectivity index (χ0n) is 15.8. The number of anilines is 2. The van der Waals surface area contributed by atoms with E-state index in [1.165, 1.54) is 0 Å². The van der Waals surface area contributed by atoms with Crippen LogP contribution in [0.25, 0.3) is 0 Å². The smallest absolute Gasteiger partial charge is 0.238 e. The molecule has 0 bridgehead atoms. The Morgan fingerprint density at radius 2 is 1.63 bits per heavy atom. The molecule has 7 heteroatoms. The van der Waals surface area contributed by atoms with Crippen molar-refractivity contribution in [3.05, 3.63) is 48.5 Å². The van der Waals surface area contributed by atoms with E-state index in [4.69, 9.17) is 9.47 Å². The molecule has 2 aromatic carbocycles. The second-order valence-electron chi connectivity index (χ2n) is 5.83. The van der Waals surface area contributed by atoms with Gasteiger partial charge in [0.05, 0.1) is 33.0 Å². The van der Waals surface area contributed by atoms with Gasteiger partial charge in [0, 0.05) is 11.8 Å². The predicted molar refractivity (Wildman–Crippen MR) is 105 cm³/mol. The first-order valence-corrected chi connectivity index (χ1v) is 8.64. The zero-order chi connectivity index (χ0) is 19.6. The van der Waals surface area contributed by atoms with Crippen LogP contribution < -0.4 is 20.1 Å². The van der Waals surface area contributed by atoms with Crippen molar-refractivity contribution in [3.63, 3.8) is 0 Å². The molecule has 144 valence electrons. The van der Waals surface area contributed by atoms with Crippen LogP contribution in [0.1, 0.15) is 6.92 Å². The summed E-state index contributed by atoms with van der Waals surface area (Å²) >= 11 is 0. The summed E-state index contributed by atoms with van der Waals surface area (Å²) in [6.45, 7) is 2.66. The largest absolute Gasteiger partial charge is 0.497 e. The normalized spacial score (nSPS) is 10.4. The number of carbonyl (C=O) groups is 2. The van der Waals surface area contributed by atoms with Gasteiger partial charge in [0.25, 0.3) is 0 Å². The molecule has 0 unspecified atom stereocenters. The fraction of sp³-hybridized carbons (Fsp3) is 0.300. The molecule has 0 radical (unpaired) electrons. The van der Waals surface area contributed by atoms with Gasteiger partial charge in [-0.2, -0.15) is 0 Å². The average molecular weight is 371 g/mol. The molecule has 7 nitrogen and oxygen atoms in total. The maximum absolute atomic E-state index is 12.3. The van der Waals surface area contributed by atoms with E-state index in [0.29, 0.717) is 29.4 Å². The molecule has 2 amide bonds. The number of nitrogens with zero attached hydrogens (tertiary/aromatic N) is 1. The topological polar surface area (TPSA) is 79.9 Å². The van der Waals surface area contributed by atoms with Gasteiger partial charge in [-0.3, -0.25) is 14.5 Å². The van der Waals surface area contributed by atoms with Crippen molar-refractivity contribution in [1.29, 1.82) is 0 Å². The highest BCUT2D eigenvalue weighted by Gasteiger charge is 2.15. The standard InChI is InChI=1S/C20H25N3O4/c1-4-23(13-19(24)21-15-8-7-9-16(12-15)26-2)14-20(25)22-17-10-5-6-11-18(17)27-3/h5-12H,4,13-14H2,1-3H3,(H,21,24)(H,22,25). The van der Waals surface area contributed by atoms with Gasteiger partial charge in [0.2, 0.25) is 11.8 Å². The number of benzene rings is 2. The first-order valence-electron chi connectivity index (χ1n) is 8.64. The lowest BCUT2D eigenvalue weighted by atomic mass is 10.3. The first-order chi connectivity index (χ1) is 13.0. The van der Waals surface area contributed by atoms with Crippen molar-refractivity contribution in [2.24, 2.45) is 0 Å². The Morgan fingerprint density at radius 3 is 2.30 bits per heavy atom. The second kappa shape index (κ2) is 10.2. The first kappa shape index (κ1) is 20.3. The van der Waals surface area contributed by atoms with Crippen LogP contribution in [0.4, 0.5) is 11.4 Å². The number of para-hydroxylation sites is 2. The number of likely N-dealkylation sites (N-methyl/N-ethyl adjacent to an activating group) is 1. The van der Waals surface area contributed by atoms with Crippen LogP contribution in [0.15, 0.2) is 48.5 Å². The number of hydrogen-bond donors (Lipinski definition) is 2. The second-order valence-corrected chi connectivity index (χ2v) is 5.83. The van der Waals surface area contributed by atoms with Crippen LogP contribution in [-0.2, 0) is 9.59 Å². The van der Waals surface area contributed by atoms with Gasteiger partial charge in [-0.25, -0.2) is 0 Å². The third kappa shape index (κ3) is 6.31. The molecular weight excluding hydrogens is 346 g/mol. The summed E-state index contributed by atoms with van der Waals surface area (Å²) in [5.41, 5.74) is 1.25. The van der Waals surface area contributed by atoms with Crippen LogP contribution in [0, 0.1) is 0 Å². The van der Waals surface area contributed by atoms with Crippen LogP contribution >= 0.6 is 0 Å². The highest BCUT2D eigenvalue weighted by atomic mass is 16.5. The highest BCUT2D eigenvalue weighted by Crippen LogP contribution is 2.22. The summed E-state index contributed by atoms with van der Waals surface area (Å²) in [5.74, 6) is 0.840. The molecule has 0 saturated heterocycles. The van der Waals surface area contributed by atoms with E-state index >= 15 is 0 Å². The summed E-state index contributed by atoms with van der Waals surface area (Å²) in [4.78, 5) is 26.3. The summed E-state index contributed by atoms with van der Waals surface area (Å²) in [6, 6.07) is 14.3. The Bertz CT molecular complexity index is 779. The lowest BCUT2D eigenvalue weighted by Gasteiger charge is -2.20. The molecule has 27 heavy (non-hydrogen) atoms. The monoisotopic (exact) mass is 371 g/mol. The lowest BCUT2D eigenvalue weighted by molar-refractivity contribution is -0.119. The van der Waals surface area contributed by atoms with Crippen LogP contribution in [0.3, 0.4) is 0 Å². The van der Waals surface area contributed by atoms with Gasteiger partial charge in [-0.1, -0.05) is 25.1 Å². The summed E-state index contributed by atoms with van der Waals surface area (Å²) < 4.78 is 10.4. The predicted octanol–water partition coefficient (Wildman–Crippen LogP) is 2.60. The lowest BCUT2D eigenvalue weighted by Crippen LogP contribution is -2.38. The van der Waals surface area contributed by atoms with Crippen LogP contribution in [-0.4, -0.2) is 50.6 Å². The van der Waals surface area contributed by atoms with E-state index in [1.807, 2.05) is 19.1 Å². The SMILES string of the molecule is CCN(CC(=O)Nc1cccc(OC)c1)CC(=O)Nc1ccccc1OC. The molecule has 0 saturated carbocycles. The van der Waals surface area contributed by atoms with Crippen molar-refractivity contribution in [2.45, 2.75) is 6.92 Å². The van der Waals surface area contributed by atoms with Crippen LogP contribution in [0.5, 0.6) is 11.5 Å². The van der Waals surface area contributed by atoms with Gasteiger partial charge >= 0.3 is 0 Å². The summed E-state index contributed by atoms with van der Waals surface area (Å²) in [5, 5.41) is 5.62. The van der Waals surface area contributed by atoms with Crippen molar-refractivity contribution in [1.82, 2.24) is 4.90 Å². The molecule has 0 aliphatic heterocycles. The van der Waals surface area contributed by atoms with E-state index in [-0.39, 0.29) is 24.9 Å². The van der Waals surface area contributed by atoms with Gasteiger partial charge in [0.15, 0.2) is 0 Å². The molecule has 0 fully saturated rings. The molecular formula is C20H25N3O4. The third-order valence-corrected chi connectivity index (χ3v) is 3.92. The number of nitrogens with one attached hydrogen (secondary N) is 2. The van der Waals surface area contributed by atoms with E-state index in [1.54, 1.807) is 55.5 Å². The average Bonchev–Trinajstić information content (AvgIpc) is 2.67. The number of amides is 2. The quantitative estimate of drug-likeness (QED) is 0.708. The number of methoxy groups -OCH3 is 2. The van der Waals surface area contributed by atoms with Gasteiger partial charge in [-0.05, 0) is 30.8 Å². The molecule has 2 rings (SSSR count). The molecule has 0 spiro atoms. The minimum atomic E-state index is -0.212. The maximum atomic E-state index is 12.3. The Hall–Kier alpha value is -3.06. The van der Waals surface area contributed by atoms with Gasteiger partial charge < -0.3 is 20.1 Å². The van der Waals surface area contributed by atoms with E-state index in [2.05, 4.69) is 10.6 Å². The number of hydrogen-bond acceptors (Lipinski definition) is 5. The van der Waals surface area contributed by atoms with Gasteiger partial charge in [0.1, 0.15) is 11.5 Å². The van der Waals surface area contributed by atoms with Crippen molar-refractivity contribution >= 4 is 23.2 Å². The Labute approximate surface area is 159 Å². The minimum Gasteiger partial charge on any atom is -0.497 e. The van der Waals surface area contributed by atoms with Crippen LogP contribution in [0.2, 0.25) is 0 Å².